The highest BCUT2D eigenvalue weighted by Gasteiger charge is 2.04. The van der Waals surface area contributed by atoms with Crippen molar-refractivity contribution in [1.29, 1.82) is 0 Å². The molecule has 0 atom stereocenters. The van der Waals surface area contributed by atoms with Gasteiger partial charge in [-0.3, -0.25) is 4.79 Å². The third-order valence-corrected chi connectivity index (χ3v) is 2.50. The molecule has 0 aliphatic heterocycles. The molecule has 0 aliphatic carbocycles. The Bertz CT molecular complexity index is 430. The largest absolute Gasteiger partial charge is 0.478 e. The molecule has 0 heterocycles. The number of benzene rings is 1. The van der Waals surface area contributed by atoms with E-state index >= 15 is 0 Å². The molecule has 0 saturated carbocycles. The lowest BCUT2D eigenvalue weighted by Crippen LogP contribution is -2.27. The standard InChI is InChI=1S/C14H19NO5/c1-2-19-7-8-20-10-13(16)15-9-11-3-5-12(6-4-11)14(17)18/h3-6H,2,7-10H2,1H3,(H,15,16)(H,17,18). The lowest BCUT2D eigenvalue weighted by atomic mass is 10.1. The van der Waals surface area contributed by atoms with Gasteiger partial charge in [0.25, 0.3) is 0 Å². The molecule has 0 unspecified atom stereocenters. The molecule has 0 aromatic heterocycles. The maximum Gasteiger partial charge on any atom is 0.335 e. The zero-order valence-electron chi connectivity index (χ0n) is 11.4. The number of rotatable bonds is 9. The van der Waals surface area contributed by atoms with E-state index in [1.54, 1.807) is 12.1 Å². The molecule has 0 radical (unpaired) electrons. The number of ether oxygens (including phenoxy) is 2. The van der Waals surface area contributed by atoms with Crippen LogP contribution in [0.5, 0.6) is 0 Å². The third-order valence-electron chi connectivity index (χ3n) is 2.50. The van der Waals surface area contributed by atoms with Crippen molar-refractivity contribution in [2.75, 3.05) is 26.4 Å². The number of carboxylic acid groups (broad SMARTS) is 1. The van der Waals surface area contributed by atoms with E-state index in [9.17, 15) is 9.59 Å². The molecule has 0 spiro atoms. The Morgan fingerprint density at radius 3 is 2.40 bits per heavy atom. The minimum Gasteiger partial charge on any atom is -0.478 e. The molecule has 6 nitrogen and oxygen atoms in total. The second kappa shape index (κ2) is 9.06. The summed E-state index contributed by atoms with van der Waals surface area (Å²) in [7, 11) is 0. The summed E-state index contributed by atoms with van der Waals surface area (Å²) in [6.45, 7) is 3.70. The predicted octanol–water partition coefficient (Wildman–Crippen LogP) is 1.05. The first-order chi connectivity index (χ1) is 9.63. The van der Waals surface area contributed by atoms with Crippen molar-refractivity contribution in [3.8, 4) is 0 Å². The summed E-state index contributed by atoms with van der Waals surface area (Å²) in [5.74, 6) is -1.19. The zero-order valence-corrected chi connectivity index (χ0v) is 11.4. The van der Waals surface area contributed by atoms with E-state index in [0.717, 1.165) is 5.56 Å². The average molecular weight is 281 g/mol. The van der Waals surface area contributed by atoms with E-state index in [-0.39, 0.29) is 18.1 Å². The molecule has 6 heteroatoms. The van der Waals surface area contributed by atoms with Gasteiger partial charge in [0.2, 0.25) is 5.91 Å². The van der Waals surface area contributed by atoms with E-state index in [2.05, 4.69) is 5.32 Å². The number of carbonyl (C=O) groups excluding carboxylic acids is 1. The molecule has 0 saturated heterocycles. The van der Waals surface area contributed by atoms with Gasteiger partial charge in [-0.1, -0.05) is 12.1 Å². The second-order valence-electron chi connectivity index (χ2n) is 4.03. The highest BCUT2D eigenvalue weighted by atomic mass is 16.5. The fourth-order valence-electron chi connectivity index (χ4n) is 1.44. The molecular weight excluding hydrogens is 262 g/mol. The smallest absolute Gasteiger partial charge is 0.335 e. The van der Waals surface area contributed by atoms with Gasteiger partial charge in [-0.25, -0.2) is 4.79 Å². The number of carbonyl (C=O) groups is 2. The minimum atomic E-state index is -0.969. The predicted molar refractivity (Wildman–Crippen MR) is 72.6 cm³/mol. The maximum absolute atomic E-state index is 11.5. The monoisotopic (exact) mass is 281 g/mol. The number of carboxylic acids is 1. The Kier molecular flexibility index (Phi) is 7.31. The van der Waals surface area contributed by atoms with Gasteiger partial charge in [0.15, 0.2) is 0 Å². The van der Waals surface area contributed by atoms with Crippen LogP contribution in [0.1, 0.15) is 22.8 Å². The Balaban J connectivity index is 2.22. The van der Waals surface area contributed by atoms with Crippen LogP contribution in [-0.4, -0.2) is 43.4 Å². The summed E-state index contributed by atoms with van der Waals surface area (Å²) in [4.78, 5) is 22.1. The first-order valence-electron chi connectivity index (χ1n) is 6.38. The molecule has 1 aromatic rings. The molecule has 0 aliphatic rings. The van der Waals surface area contributed by atoms with Gasteiger partial charge in [0.05, 0.1) is 18.8 Å². The molecule has 20 heavy (non-hydrogen) atoms. The quantitative estimate of drug-likeness (QED) is 0.661. The van der Waals surface area contributed by atoms with Crippen molar-refractivity contribution < 1.29 is 24.2 Å². The molecule has 1 amide bonds. The minimum absolute atomic E-state index is 0.0136. The summed E-state index contributed by atoms with van der Waals surface area (Å²) in [5.41, 5.74) is 1.05. The Labute approximate surface area is 117 Å². The summed E-state index contributed by atoms with van der Waals surface area (Å²) in [6, 6.07) is 6.34. The zero-order chi connectivity index (χ0) is 14.8. The van der Waals surface area contributed by atoms with Crippen molar-refractivity contribution in [3.05, 3.63) is 35.4 Å². The molecular formula is C14H19NO5. The SMILES string of the molecule is CCOCCOCC(=O)NCc1ccc(C(=O)O)cc1. The molecule has 2 N–H and O–H groups in total. The third kappa shape index (κ3) is 6.31. The van der Waals surface area contributed by atoms with Crippen molar-refractivity contribution in [1.82, 2.24) is 5.32 Å². The van der Waals surface area contributed by atoms with Crippen LogP contribution in [0.15, 0.2) is 24.3 Å². The summed E-state index contributed by atoms with van der Waals surface area (Å²) in [6.07, 6.45) is 0. The van der Waals surface area contributed by atoms with E-state index in [1.807, 2.05) is 6.92 Å². The Morgan fingerprint density at radius 1 is 1.15 bits per heavy atom. The number of hydrogen-bond donors (Lipinski definition) is 2. The summed E-state index contributed by atoms with van der Waals surface area (Å²) >= 11 is 0. The molecule has 1 aromatic carbocycles. The van der Waals surface area contributed by atoms with E-state index in [0.29, 0.717) is 26.4 Å². The van der Waals surface area contributed by atoms with Crippen LogP contribution in [0.3, 0.4) is 0 Å². The van der Waals surface area contributed by atoms with Gasteiger partial charge >= 0.3 is 5.97 Å². The number of hydrogen-bond acceptors (Lipinski definition) is 4. The van der Waals surface area contributed by atoms with Crippen LogP contribution in [0.2, 0.25) is 0 Å². The van der Waals surface area contributed by atoms with Gasteiger partial charge in [-0.15, -0.1) is 0 Å². The van der Waals surface area contributed by atoms with Crippen molar-refractivity contribution >= 4 is 11.9 Å². The summed E-state index contributed by atoms with van der Waals surface area (Å²) in [5, 5.41) is 11.4. The highest BCUT2D eigenvalue weighted by molar-refractivity contribution is 5.87. The fourth-order valence-corrected chi connectivity index (χ4v) is 1.44. The number of aromatic carboxylic acids is 1. The van der Waals surface area contributed by atoms with Crippen molar-refractivity contribution in [3.63, 3.8) is 0 Å². The number of nitrogens with one attached hydrogen (secondary N) is 1. The van der Waals surface area contributed by atoms with Gasteiger partial charge in [0.1, 0.15) is 6.61 Å². The van der Waals surface area contributed by atoms with Crippen LogP contribution >= 0.6 is 0 Å². The van der Waals surface area contributed by atoms with Gasteiger partial charge in [-0.05, 0) is 24.6 Å². The lowest BCUT2D eigenvalue weighted by molar-refractivity contribution is -0.126. The van der Waals surface area contributed by atoms with Crippen LogP contribution in [0, 0.1) is 0 Å². The van der Waals surface area contributed by atoms with Gasteiger partial charge in [-0.2, -0.15) is 0 Å². The van der Waals surface area contributed by atoms with E-state index in [1.165, 1.54) is 12.1 Å². The number of amides is 1. The van der Waals surface area contributed by atoms with Gasteiger partial charge in [0, 0.05) is 13.2 Å². The van der Waals surface area contributed by atoms with Crippen LogP contribution in [-0.2, 0) is 20.8 Å². The normalized spacial score (nSPS) is 10.2. The second-order valence-corrected chi connectivity index (χ2v) is 4.03. The highest BCUT2D eigenvalue weighted by Crippen LogP contribution is 2.04. The van der Waals surface area contributed by atoms with Gasteiger partial charge < -0.3 is 19.9 Å². The van der Waals surface area contributed by atoms with E-state index < -0.39 is 5.97 Å². The lowest BCUT2D eigenvalue weighted by Gasteiger charge is -2.07. The first-order valence-corrected chi connectivity index (χ1v) is 6.38. The molecule has 0 fully saturated rings. The Morgan fingerprint density at radius 2 is 1.80 bits per heavy atom. The van der Waals surface area contributed by atoms with E-state index in [4.69, 9.17) is 14.6 Å². The fraction of sp³-hybridized carbons (Fsp3) is 0.429. The van der Waals surface area contributed by atoms with Crippen molar-refractivity contribution in [2.45, 2.75) is 13.5 Å². The van der Waals surface area contributed by atoms with Crippen LogP contribution in [0.25, 0.3) is 0 Å². The maximum atomic E-state index is 11.5. The van der Waals surface area contributed by atoms with Crippen LogP contribution < -0.4 is 5.32 Å². The first kappa shape index (κ1) is 16.1. The Hall–Kier alpha value is -1.92. The summed E-state index contributed by atoms with van der Waals surface area (Å²) < 4.78 is 10.2. The molecule has 1 rings (SSSR count). The topological polar surface area (TPSA) is 84.9 Å². The average Bonchev–Trinajstić information content (AvgIpc) is 2.45. The van der Waals surface area contributed by atoms with Crippen molar-refractivity contribution in [2.24, 2.45) is 0 Å². The van der Waals surface area contributed by atoms with Crippen LogP contribution in [0.4, 0.5) is 0 Å². The molecule has 110 valence electrons. The molecule has 0 bridgehead atoms.